The Kier molecular flexibility index (Phi) is 5.93. The lowest BCUT2D eigenvalue weighted by molar-refractivity contribution is 0.305. The number of nitrogens with zero attached hydrogens (tertiary/aromatic N) is 1. The fraction of sp³-hybridized carbons (Fsp3) is 0.462. The van der Waals surface area contributed by atoms with E-state index in [-0.39, 0.29) is 5.84 Å². The molecular weight excluding hydrogens is 216 g/mol. The predicted molar refractivity (Wildman–Crippen MR) is 68.6 cm³/mol. The average Bonchev–Trinajstić information content (AvgIpc) is 2.36. The molecule has 0 radical (unpaired) electrons. The summed E-state index contributed by atoms with van der Waals surface area (Å²) in [6, 6.07) is 8.13. The summed E-state index contributed by atoms with van der Waals surface area (Å²) in [5.41, 5.74) is 6.68. The van der Waals surface area contributed by atoms with Gasteiger partial charge in [0.25, 0.3) is 0 Å². The highest BCUT2D eigenvalue weighted by molar-refractivity contribution is 5.79. The summed E-state index contributed by atoms with van der Waals surface area (Å²) < 4.78 is 5.54. The van der Waals surface area contributed by atoms with Crippen LogP contribution in [0.3, 0.4) is 0 Å². The number of rotatable bonds is 7. The summed E-state index contributed by atoms with van der Waals surface area (Å²) in [7, 11) is 0. The molecule has 0 bridgehead atoms. The third-order valence-corrected chi connectivity index (χ3v) is 2.44. The molecule has 1 rings (SSSR count). The van der Waals surface area contributed by atoms with Gasteiger partial charge in [0, 0.05) is 6.42 Å². The van der Waals surface area contributed by atoms with E-state index >= 15 is 0 Å². The molecule has 0 atom stereocenters. The van der Waals surface area contributed by atoms with Crippen molar-refractivity contribution < 1.29 is 9.94 Å². The van der Waals surface area contributed by atoms with Crippen molar-refractivity contribution in [3.8, 4) is 5.75 Å². The molecule has 0 saturated heterocycles. The van der Waals surface area contributed by atoms with Gasteiger partial charge in [-0.2, -0.15) is 0 Å². The standard InChI is InChI=1S/C13H20N2O2/c1-2-4-11-6-8-12(9-7-11)17-10-3-5-13(14)15-16/h6-9,16H,2-5,10H2,1H3,(H2,14,15). The minimum absolute atomic E-state index is 0.242. The van der Waals surface area contributed by atoms with Crippen LogP contribution in [-0.4, -0.2) is 17.6 Å². The second-order valence-corrected chi connectivity index (χ2v) is 3.94. The van der Waals surface area contributed by atoms with Gasteiger partial charge in [0.2, 0.25) is 0 Å². The molecule has 4 nitrogen and oxygen atoms in total. The molecule has 4 heteroatoms. The highest BCUT2D eigenvalue weighted by Gasteiger charge is 1.97. The van der Waals surface area contributed by atoms with Gasteiger partial charge in [0.1, 0.15) is 11.6 Å². The van der Waals surface area contributed by atoms with Crippen LogP contribution in [0.4, 0.5) is 0 Å². The van der Waals surface area contributed by atoms with Crippen LogP contribution in [0.1, 0.15) is 31.7 Å². The van der Waals surface area contributed by atoms with Gasteiger partial charge in [-0.25, -0.2) is 0 Å². The minimum Gasteiger partial charge on any atom is -0.494 e. The second kappa shape index (κ2) is 7.54. The van der Waals surface area contributed by atoms with Gasteiger partial charge in [-0.3, -0.25) is 0 Å². The Balaban J connectivity index is 2.27. The average molecular weight is 236 g/mol. The Bertz CT molecular complexity index is 347. The molecular formula is C13H20N2O2. The molecule has 94 valence electrons. The molecule has 0 aromatic heterocycles. The first-order valence-corrected chi connectivity index (χ1v) is 5.94. The number of aryl methyl sites for hydroxylation is 1. The quantitative estimate of drug-likeness (QED) is 0.251. The topological polar surface area (TPSA) is 67.8 Å². The van der Waals surface area contributed by atoms with E-state index in [2.05, 4.69) is 24.2 Å². The Labute approximate surface area is 102 Å². The Morgan fingerprint density at radius 2 is 2.06 bits per heavy atom. The second-order valence-electron chi connectivity index (χ2n) is 3.94. The number of hydrogen-bond donors (Lipinski definition) is 2. The van der Waals surface area contributed by atoms with Crippen molar-refractivity contribution in [2.75, 3.05) is 6.61 Å². The first-order valence-electron chi connectivity index (χ1n) is 5.94. The summed E-state index contributed by atoms with van der Waals surface area (Å²) in [5, 5.41) is 11.3. The van der Waals surface area contributed by atoms with E-state index in [0.29, 0.717) is 13.0 Å². The first kappa shape index (κ1) is 13.4. The van der Waals surface area contributed by atoms with E-state index in [1.54, 1.807) is 0 Å². The Morgan fingerprint density at radius 3 is 2.65 bits per heavy atom. The SMILES string of the molecule is CCCc1ccc(OCCCC(N)=NO)cc1. The molecule has 0 aliphatic heterocycles. The zero-order valence-electron chi connectivity index (χ0n) is 10.2. The molecule has 0 spiro atoms. The van der Waals surface area contributed by atoms with Crippen molar-refractivity contribution in [1.29, 1.82) is 0 Å². The molecule has 0 aliphatic carbocycles. The number of ether oxygens (including phenoxy) is 1. The summed E-state index contributed by atoms with van der Waals surface area (Å²) in [5.74, 6) is 1.11. The lowest BCUT2D eigenvalue weighted by atomic mass is 10.1. The van der Waals surface area contributed by atoms with E-state index in [0.717, 1.165) is 25.0 Å². The van der Waals surface area contributed by atoms with Gasteiger partial charge >= 0.3 is 0 Å². The molecule has 1 aromatic carbocycles. The van der Waals surface area contributed by atoms with Crippen LogP contribution in [-0.2, 0) is 6.42 Å². The molecule has 1 aromatic rings. The molecule has 3 N–H and O–H groups in total. The van der Waals surface area contributed by atoms with Crippen molar-refractivity contribution in [1.82, 2.24) is 0 Å². The maximum absolute atomic E-state index is 8.35. The number of hydrogen-bond acceptors (Lipinski definition) is 3. The smallest absolute Gasteiger partial charge is 0.139 e. The normalized spacial score (nSPS) is 11.5. The van der Waals surface area contributed by atoms with Gasteiger partial charge in [0.05, 0.1) is 6.61 Å². The van der Waals surface area contributed by atoms with Gasteiger partial charge in [-0.1, -0.05) is 30.6 Å². The van der Waals surface area contributed by atoms with E-state index in [9.17, 15) is 0 Å². The van der Waals surface area contributed by atoms with Crippen molar-refractivity contribution in [3.05, 3.63) is 29.8 Å². The Hall–Kier alpha value is -1.71. The fourth-order valence-electron chi connectivity index (χ4n) is 1.53. The van der Waals surface area contributed by atoms with Gasteiger partial charge < -0.3 is 15.7 Å². The van der Waals surface area contributed by atoms with E-state index in [1.165, 1.54) is 5.56 Å². The minimum atomic E-state index is 0.242. The molecule has 0 aliphatic rings. The van der Waals surface area contributed by atoms with E-state index < -0.39 is 0 Å². The lowest BCUT2D eigenvalue weighted by Crippen LogP contribution is -2.12. The highest BCUT2D eigenvalue weighted by atomic mass is 16.5. The summed E-state index contributed by atoms with van der Waals surface area (Å²) in [6.07, 6.45) is 3.54. The lowest BCUT2D eigenvalue weighted by Gasteiger charge is -2.06. The molecule has 0 unspecified atom stereocenters. The van der Waals surface area contributed by atoms with Crippen molar-refractivity contribution >= 4 is 5.84 Å². The molecule has 17 heavy (non-hydrogen) atoms. The predicted octanol–water partition coefficient (Wildman–Crippen LogP) is 2.54. The van der Waals surface area contributed by atoms with Gasteiger partial charge in [-0.15, -0.1) is 0 Å². The van der Waals surface area contributed by atoms with Crippen molar-refractivity contribution in [2.45, 2.75) is 32.6 Å². The van der Waals surface area contributed by atoms with Crippen LogP contribution in [0.25, 0.3) is 0 Å². The first-order chi connectivity index (χ1) is 8.26. The maximum atomic E-state index is 8.35. The zero-order valence-corrected chi connectivity index (χ0v) is 10.2. The van der Waals surface area contributed by atoms with Crippen molar-refractivity contribution in [2.24, 2.45) is 10.9 Å². The molecule has 0 saturated carbocycles. The molecule has 0 heterocycles. The third-order valence-electron chi connectivity index (χ3n) is 2.44. The van der Waals surface area contributed by atoms with Crippen LogP contribution in [0.15, 0.2) is 29.4 Å². The van der Waals surface area contributed by atoms with E-state index in [4.69, 9.17) is 15.7 Å². The monoisotopic (exact) mass is 236 g/mol. The fourth-order valence-corrected chi connectivity index (χ4v) is 1.53. The number of benzene rings is 1. The maximum Gasteiger partial charge on any atom is 0.139 e. The van der Waals surface area contributed by atoms with Gasteiger partial charge in [-0.05, 0) is 30.5 Å². The Morgan fingerprint density at radius 1 is 1.35 bits per heavy atom. The number of oxime groups is 1. The summed E-state index contributed by atoms with van der Waals surface area (Å²) >= 11 is 0. The zero-order chi connectivity index (χ0) is 12.5. The van der Waals surface area contributed by atoms with Crippen LogP contribution in [0.2, 0.25) is 0 Å². The number of amidine groups is 1. The van der Waals surface area contributed by atoms with Crippen LogP contribution < -0.4 is 10.5 Å². The summed E-state index contributed by atoms with van der Waals surface area (Å²) in [6.45, 7) is 2.74. The van der Waals surface area contributed by atoms with Crippen LogP contribution in [0, 0.1) is 0 Å². The van der Waals surface area contributed by atoms with Crippen LogP contribution >= 0.6 is 0 Å². The third kappa shape index (κ3) is 5.24. The number of nitrogens with two attached hydrogens (primary N) is 1. The molecule has 0 amide bonds. The summed E-state index contributed by atoms with van der Waals surface area (Å²) in [4.78, 5) is 0. The van der Waals surface area contributed by atoms with E-state index in [1.807, 2.05) is 12.1 Å². The van der Waals surface area contributed by atoms with Crippen molar-refractivity contribution in [3.63, 3.8) is 0 Å². The van der Waals surface area contributed by atoms with Crippen LogP contribution in [0.5, 0.6) is 5.75 Å². The highest BCUT2D eigenvalue weighted by Crippen LogP contribution is 2.13. The van der Waals surface area contributed by atoms with Gasteiger partial charge in [0.15, 0.2) is 0 Å². The largest absolute Gasteiger partial charge is 0.494 e. The molecule has 0 fully saturated rings.